The monoisotopic (exact) mass is 375 g/mol. The first-order chi connectivity index (χ1) is 12.4. The summed E-state index contributed by atoms with van der Waals surface area (Å²) >= 11 is 0. The zero-order valence-electron chi connectivity index (χ0n) is 15.7. The van der Waals surface area contributed by atoms with E-state index in [-0.39, 0.29) is 4.65 Å². The molecule has 5 nitrogen and oxygen atoms in total. The van der Waals surface area contributed by atoms with Crippen LogP contribution in [0.3, 0.4) is 0 Å². The van der Waals surface area contributed by atoms with Gasteiger partial charge in [-0.05, 0) is 19.8 Å². The molecule has 1 aliphatic rings. The highest BCUT2D eigenvalue weighted by Gasteiger charge is 2.41. The zero-order chi connectivity index (χ0) is 18.8. The maximum atomic E-state index is 11.9. The first-order valence-electron chi connectivity index (χ1n) is 8.99. The van der Waals surface area contributed by atoms with Gasteiger partial charge in [0, 0.05) is 30.3 Å². The second kappa shape index (κ2) is 7.48. The number of para-hydroxylation sites is 2. The van der Waals surface area contributed by atoms with Gasteiger partial charge in [0.05, 0.1) is 12.8 Å². The van der Waals surface area contributed by atoms with Crippen LogP contribution in [0.1, 0.15) is 18.1 Å². The predicted octanol–water partition coefficient (Wildman–Crippen LogP) is 3.27. The molecule has 0 unspecified atom stereocenters. The minimum absolute atomic E-state index is 0.225. The van der Waals surface area contributed by atoms with Gasteiger partial charge >= 0.3 is 0 Å². The second-order valence-electron chi connectivity index (χ2n) is 6.72. The molecular weight excluding hydrogens is 348 g/mol. The van der Waals surface area contributed by atoms with Crippen molar-refractivity contribution in [1.29, 1.82) is 0 Å². The van der Waals surface area contributed by atoms with Crippen molar-refractivity contribution in [1.82, 2.24) is 8.95 Å². The van der Waals surface area contributed by atoms with Crippen LogP contribution in [0.25, 0.3) is 0 Å². The summed E-state index contributed by atoms with van der Waals surface area (Å²) < 4.78 is 25.4. The van der Waals surface area contributed by atoms with E-state index in [1.165, 1.54) is 21.7 Å². The number of benzene rings is 2. The lowest BCUT2D eigenvalue weighted by atomic mass is 10.0. The van der Waals surface area contributed by atoms with Gasteiger partial charge in [-0.3, -0.25) is 0 Å². The van der Waals surface area contributed by atoms with E-state index in [2.05, 4.69) is 36.4 Å². The van der Waals surface area contributed by atoms with Gasteiger partial charge in [-0.2, -0.15) is 9.14 Å². The first-order valence-corrected chi connectivity index (χ1v) is 10.8. The lowest BCUT2D eigenvalue weighted by molar-refractivity contribution is -0.0992. The zero-order valence-corrected chi connectivity index (χ0v) is 16.5. The van der Waals surface area contributed by atoms with Gasteiger partial charge in [0.1, 0.15) is 13.2 Å². The van der Waals surface area contributed by atoms with Gasteiger partial charge in [-0.25, -0.2) is 8.42 Å². The molecule has 2 aromatic rings. The lowest BCUT2D eigenvalue weighted by Gasteiger charge is -2.36. The Morgan fingerprint density at radius 3 is 1.96 bits per heavy atom. The van der Waals surface area contributed by atoms with E-state index in [0.29, 0.717) is 19.7 Å². The summed E-state index contributed by atoms with van der Waals surface area (Å²) in [6.45, 7) is 3.41. The molecule has 0 aliphatic carbocycles. The molecule has 1 heterocycles. The van der Waals surface area contributed by atoms with Crippen LogP contribution >= 0.6 is 0 Å². The van der Waals surface area contributed by atoms with E-state index in [4.69, 9.17) is 4.84 Å². The third-order valence-corrected chi connectivity index (χ3v) is 6.39. The van der Waals surface area contributed by atoms with Gasteiger partial charge in [-0.1, -0.05) is 36.4 Å². The van der Waals surface area contributed by atoms with Crippen LogP contribution < -0.4 is 4.65 Å². The number of hydroxylamine groups is 1. The summed E-state index contributed by atoms with van der Waals surface area (Å²) in [6, 6.07) is 16.7. The van der Waals surface area contributed by atoms with Crippen LogP contribution in [0.4, 0.5) is 11.4 Å². The third-order valence-electron chi connectivity index (χ3n) is 5.07. The molecule has 0 amide bonds. The van der Waals surface area contributed by atoms with Crippen LogP contribution in [0.5, 0.6) is 0 Å². The van der Waals surface area contributed by atoms with Crippen LogP contribution in [-0.2, 0) is 27.7 Å². The van der Waals surface area contributed by atoms with Gasteiger partial charge in [-0.15, -0.1) is 4.65 Å². The molecule has 0 atom stereocenters. The molecule has 2 aromatic carbocycles. The number of sulfonamides is 1. The van der Waals surface area contributed by atoms with Crippen molar-refractivity contribution < 1.29 is 13.3 Å². The minimum Gasteiger partial charge on any atom is -0.213 e. The smallest absolute Gasteiger partial charge is 0.211 e. The number of fused-ring (bicyclic) bond motifs is 2. The van der Waals surface area contributed by atoms with Crippen molar-refractivity contribution in [3.05, 3.63) is 59.7 Å². The Labute approximate surface area is 156 Å². The molecule has 0 saturated heterocycles. The van der Waals surface area contributed by atoms with Gasteiger partial charge < -0.3 is 0 Å². The molecule has 0 fully saturated rings. The van der Waals surface area contributed by atoms with E-state index in [1.54, 1.807) is 7.05 Å². The van der Waals surface area contributed by atoms with Crippen LogP contribution in [0.2, 0.25) is 0 Å². The van der Waals surface area contributed by atoms with E-state index in [1.807, 2.05) is 19.1 Å². The lowest BCUT2D eigenvalue weighted by Crippen LogP contribution is -2.49. The number of hydrogen-bond donors (Lipinski definition) is 0. The Bertz CT molecular complexity index is 833. The molecule has 6 heteroatoms. The maximum Gasteiger partial charge on any atom is 0.211 e. The molecule has 0 spiro atoms. The summed E-state index contributed by atoms with van der Waals surface area (Å²) in [6.07, 6.45) is 3.13. The average Bonchev–Trinajstić information content (AvgIpc) is 2.75. The molecule has 0 radical (unpaired) electrons. The topological polar surface area (TPSA) is 46.6 Å². The molecule has 3 rings (SSSR count). The molecular formula is C20H27N2O3S+. The summed E-state index contributed by atoms with van der Waals surface area (Å²) in [7, 11) is -1.62. The fourth-order valence-electron chi connectivity index (χ4n) is 3.66. The average molecular weight is 376 g/mol. The molecule has 140 valence electrons. The Morgan fingerprint density at radius 2 is 1.50 bits per heavy atom. The fourth-order valence-corrected chi connectivity index (χ4v) is 4.07. The van der Waals surface area contributed by atoms with Gasteiger partial charge in [0.15, 0.2) is 11.4 Å². The Morgan fingerprint density at radius 1 is 1.00 bits per heavy atom. The number of aryl methyl sites for hydroxylation is 2. The van der Waals surface area contributed by atoms with Gasteiger partial charge in [0.2, 0.25) is 10.0 Å². The summed E-state index contributed by atoms with van der Waals surface area (Å²) in [5.74, 6) is 0. The largest absolute Gasteiger partial charge is 0.213 e. The third kappa shape index (κ3) is 3.55. The van der Waals surface area contributed by atoms with E-state index in [9.17, 15) is 8.42 Å². The normalized spacial score (nSPS) is 16.0. The Balaban J connectivity index is 2.15. The van der Waals surface area contributed by atoms with Crippen molar-refractivity contribution >= 4 is 21.4 Å². The molecule has 0 aromatic heterocycles. The SMILES string of the molecule is CCO[N+]1(CCN(C)S(C)(=O)=O)c2ccccc2CCc2ccccc21. The van der Waals surface area contributed by atoms with Crippen LogP contribution in [0, 0.1) is 0 Å². The molecule has 0 saturated carbocycles. The predicted molar refractivity (Wildman–Crippen MR) is 106 cm³/mol. The van der Waals surface area contributed by atoms with Crippen molar-refractivity contribution in [2.75, 3.05) is 33.0 Å². The highest BCUT2D eigenvalue weighted by Crippen LogP contribution is 2.43. The van der Waals surface area contributed by atoms with Crippen molar-refractivity contribution in [2.45, 2.75) is 19.8 Å². The minimum atomic E-state index is -3.24. The quantitative estimate of drug-likeness (QED) is 0.728. The fraction of sp³-hybridized carbons (Fsp3) is 0.400. The number of likely N-dealkylation sites (N-methyl/N-ethyl adjacent to an activating group) is 1. The highest BCUT2D eigenvalue weighted by atomic mass is 32.2. The Hall–Kier alpha value is -1.73. The Kier molecular flexibility index (Phi) is 5.48. The highest BCUT2D eigenvalue weighted by molar-refractivity contribution is 7.88. The first kappa shape index (κ1) is 19.0. The molecule has 0 N–H and O–H groups in total. The summed E-state index contributed by atoms with van der Waals surface area (Å²) in [4.78, 5) is 6.38. The number of nitrogens with zero attached hydrogens (tertiary/aromatic N) is 2. The molecule has 26 heavy (non-hydrogen) atoms. The standard InChI is InChI=1S/C20H27N2O3S/c1-4-25-22(16-15-21(2)26(3,23)24)19-11-7-5-9-17(19)13-14-18-10-6-8-12-20(18)22/h5-12H,4,13-16H2,1-3H3/q+1. The van der Waals surface area contributed by atoms with E-state index >= 15 is 0 Å². The summed E-state index contributed by atoms with van der Waals surface area (Å²) in [5.41, 5.74) is 4.70. The van der Waals surface area contributed by atoms with Crippen molar-refractivity contribution in [2.24, 2.45) is 0 Å². The maximum absolute atomic E-state index is 11.9. The van der Waals surface area contributed by atoms with Gasteiger partial charge in [0.25, 0.3) is 0 Å². The van der Waals surface area contributed by atoms with Crippen LogP contribution in [-0.4, -0.2) is 45.7 Å². The van der Waals surface area contributed by atoms with Crippen LogP contribution in [0.15, 0.2) is 48.5 Å². The molecule has 0 bridgehead atoms. The van der Waals surface area contributed by atoms with E-state index in [0.717, 1.165) is 24.2 Å². The number of rotatable bonds is 6. The number of quaternary nitrogens is 1. The molecule has 1 aliphatic heterocycles. The van der Waals surface area contributed by atoms with Crippen molar-refractivity contribution in [3.8, 4) is 0 Å². The second-order valence-corrected chi connectivity index (χ2v) is 8.81. The number of hydrogen-bond acceptors (Lipinski definition) is 3. The van der Waals surface area contributed by atoms with E-state index < -0.39 is 10.0 Å². The van der Waals surface area contributed by atoms with Crippen molar-refractivity contribution in [3.63, 3.8) is 0 Å². The summed E-state index contributed by atoms with van der Waals surface area (Å²) in [5, 5.41) is 0.